The second-order valence-electron chi connectivity index (χ2n) is 8.56. The molecule has 0 aliphatic rings. The number of benzene rings is 1. The average molecular weight is 431 g/mol. The van der Waals surface area contributed by atoms with E-state index in [0.29, 0.717) is 18.0 Å². The van der Waals surface area contributed by atoms with Crippen LogP contribution in [0.1, 0.15) is 20.8 Å². The first kappa shape index (κ1) is 21.3. The Hall–Kier alpha value is -3.94. The second kappa shape index (κ2) is 8.30. The molecule has 0 saturated carbocycles. The van der Waals surface area contributed by atoms with Crippen LogP contribution in [0.2, 0.25) is 0 Å². The van der Waals surface area contributed by atoms with E-state index in [0.717, 1.165) is 27.4 Å². The van der Waals surface area contributed by atoms with Gasteiger partial charge in [0.25, 0.3) is 0 Å². The van der Waals surface area contributed by atoms with Gasteiger partial charge in [-0.15, -0.1) is 6.58 Å². The minimum Gasteiger partial charge on any atom is -0.444 e. The van der Waals surface area contributed by atoms with Crippen molar-refractivity contribution >= 4 is 33.8 Å². The van der Waals surface area contributed by atoms with Gasteiger partial charge in [0.1, 0.15) is 23.4 Å². The molecule has 164 valence electrons. The van der Waals surface area contributed by atoms with Gasteiger partial charge < -0.3 is 20.4 Å². The first-order chi connectivity index (χ1) is 15.2. The summed E-state index contributed by atoms with van der Waals surface area (Å²) in [5.41, 5.74) is 9.01. The minimum atomic E-state index is -0.589. The number of anilines is 1. The lowest BCUT2D eigenvalue weighted by Gasteiger charge is -2.22. The zero-order valence-electron chi connectivity index (χ0n) is 18.4. The lowest BCUT2D eigenvalue weighted by Crippen LogP contribution is -2.40. The number of nitrogens with two attached hydrogens (primary N) is 1. The molecule has 4 aromatic rings. The Bertz CT molecular complexity index is 1310. The fourth-order valence-electron chi connectivity index (χ4n) is 3.57. The van der Waals surface area contributed by atoms with Crippen molar-refractivity contribution in [1.29, 1.82) is 0 Å². The van der Waals surface area contributed by atoms with E-state index >= 15 is 0 Å². The number of nitrogens with zero attached hydrogens (tertiary/aromatic N) is 4. The summed E-state index contributed by atoms with van der Waals surface area (Å²) in [6.07, 6.45) is 6.36. The van der Waals surface area contributed by atoms with Crippen LogP contribution in [0.3, 0.4) is 0 Å². The predicted molar refractivity (Wildman–Crippen MR) is 126 cm³/mol. The van der Waals surface area contributed by atoms with Gasteiger partial charge in [-0.1, -0.05) is 24.3 Å². The van der Waals surface area contributed by atoms with E-state index in [1.54, 1.807) is 6.08 Å². The van der Waals surface area contributed by atoms with E-state index in [1.807, 2.05) is 62.0 Å². The van der Waals surface area contributed by atoms with Gasteiger partial charge in [0.15, 0.2) is 0 Å². The van der Waals surface area contributed by atoms with E-state index in [2.05, 4.69) is 32.9 Å². The van der Waals surface area contributed by atoms with Gasteiger partial charge in [0, 0.05) is 35.5 Å². The van der Waals surface area contributed by atoms with E-state index in [1.165, 1.54) is 6.33 Å². The highest BCUT2D eigenvalue weighted by atomic mass is 16.6. The summed E-state index contributed by atoms with van der Waals surface area (Å²) in [7, 11) is 0. The number of amides is 1. The first-order valence-corrected chi connectivity index (χ1v) is 10.3. The van der Waals surface area contributed by atoms with E-state index in [9.17, 15) is 4.79 Å². The predicted octanol–water partition coefficient (Wildman–Crippen LogP) is 4.31. The summed E-state index contributed by atoms with van der Waals surface area (Å²) in [5.74, 6) is 0.382. The van der Waals surface area contributed by atoms with E-state index in [-0.39, 0.29) is 6.04 Å². The highest BCUT2D eigenvalue weighted by Gasteiger charge is 2.21. The molecule has 0 radical (unpaired) electrons. The summed E-state index contributed by atoms with van der Waals surface area (Å²) in [6, 6.07) is 9.61. The SMILES string of the molecule is C=C[C@@H](Cn1cc(-c2cnc3ccccc3c2)c2c(N)ncnc21)NC(=O)OC(C)(C)C. The number of para-hydroxylation sites is 1. The fourth-order valence-corrected chi connectivity index (χ4v) is 3.57. The number of carbonyl (C=O) groups is 1. The van der Waals surface area contributed by atoms with Gasteiger partial charge in [-0.2, -0.15) is 0 Å². The maximum absolute atomic E-state index is 12.2. The van der Waals surface area contributed by atoms with Crippen molar-refractivity contribution in [2.24, 2.45) is 0 Å². The smallest absolute Gasteiger partial charge is 0.408 e. The fraction of sp³-hybridized carbons (Fsp3) is 0.250. The Morgan fingerprint density at radius 2 is 2.06 bits per heavy atom. The van der Waals surface area contributed by atoms with Crippen molar-refractivity contribution in [2.45, 2.75) is 39.0 Å². The molecule has 1 atom stereocenters. The normalized spacial score (nSPS) is 12.6. The molecule has 1 aromatic carbocycles. The van der Waals surface area contributed by atoms with Crippen LogP contribution in [0.4, 0.5) is 10.6 Å². The van der Waals surface area contributed by atoms with Crippen LogP contribution >= 0.6 is 0 Å². The number of alkyl carbamates (subject to hydrolysis) is 1. The van der Waals surface area contributed by atoms with Crippen molar-refractivity contribution in [3.63, 3.8) is 0 Å². The number of pyridine rings is 1. The van der Waals surface area contributed by atoms with Crippen LogP contribution in [0.25, 0.3) is 33.1 Å². The molecule has 0 aliphatic carbocycles. The molecular weight excluding hydrogens is 404 g/mol. The number of hydrogen-bond acceptors (Lipinski definition) is 6. The van der Waals surface area contributed by atoms with Gasteiger partial charge in [-0.3, -0.25) is 4.98 Å². The lowest BCUT2D eigenvalue weighted by atomic mass is 10.1. The third-order valence-corrected chi connectivity index (χ3v) is 4.96. The molecule has 0 spiro atoms. The van der Waals surface area contributed by atoms with Crippen LogP contribution < -0.4 is 11.1 Å². The molecule has 0 bridgehead atoms. The number of nitrogen functional groups attached to an aromatic ring is 1. The zero-order valence-corrected chi connectivity index (χ0v) is 18.4. The molecule has 8 heteroatoms. The van der Waals surface area contributed by atoms with Crippen molar-refractivity contribution in [1.82, 2.24) is 24.8 Å². The summed E-state index contributed by atoms with van der Waals surface area (Å²) in [4.78, 5) is 25.4. The molecule has 8 nitrogen and oxygen atoms in total. The highest BCUT2D eigenvalue weighted by molar-refractivity contribution is 6.01. The van der Waals surface area contributed by atoms with Crippen LogP contribution in [-0.2, 0) is 11.3 Å². The van der Waals surface area contributed by atoms with Crippen LogP contribution in [0.15, 0.2) is 61.7 Å². The summed E-state index contributed by atoms with van der Waals surface area (Å²) in [6.45, 7) is 9.71. The molecule has 0 fully saturated rings. The molecule has 4 rings (SSSR count). The monoisotopic (exact) mass is 430 g/mol. The number of rotatable bonds is 5. The Morgan fingerprint density at radius 3 is 2.81 bits per heavy atom. The Balaban J connectivity index is 1.72. The molecule has 1 amide bonds. The van der Waals surface area contributed by atoms with E-state index < -0.39 is 11.7 Å². The molecule has 32 heavy (non-hydrogen) atoms. The van der Waals surface area contributed by atoms with Gasteiger partial charge in [0.05, 0.1) is 16.9 Å². The van der Waals surface area contributed by atoms with Gasteiger partial charge in [-0.25, -0.2) is 14.8 Å². The summed E-state index contributed by atoms with van der Waals surface area (Å²) < 4.78 is 7.30. The molecule has 0 saturated heterocycles. The Morgan fingerprint density at radius 1 is 1.28 bits per heavy atom. The van der Waals surface area contributed by atoms with Gasteiger partial charge >= 0.3 is 6.09 Å². The van der Waals surface area contributed by atoms with Crippen molar-refractivity contribution in [3.05, 3.63) is 61.7 Å². The topological polar surface area (TPSA) is 108 Å². The van der Waals surface area contributed by atoms with E-state index in [4.69, 9.17) is 10.5 Å². The highest BCUT2D eigenvalue weighted by Crippen LogP contribution is 2.33. The van der Waals surface area contributed by atoms with Gasteiger partial charge in [0.2, 0.25) is 0 Å². The number of carbonyl (C=O) groups excluding carboxylic acids is 1. The number of hydrogen-bond donors (Lipinski definition) is 2. The van der Waals surface area contributed by atoms with Gasteiger partial charge in [-0.05, 0) is 32.9 Å². The third kappa shape index (κ3) is 4.39. The molecule has 0 aliphatic heterocycles. The Kier molecular flexibility index (Phi) is 5.52. The van der Waals surface area contributed by atoms with Crippen LogP contribution in [-0.4, -0.2) is 37.3 Å². The largest absolute Gasteiger partial charge is 0.444 e. The molecular formula is C24H26N6O2. The quantitative estimate of drug-likeness (QED) is 0.457. The minimum absolute atomic E-state index is 0.376. The van der Waals surface area contributed by atoms with Crippen molar-refractivity contribution < 1.29 is 9.53 Å². The summed E-state index contributed by atoms with van der Waals surface area (Å²) in [5, 5.41) is 4.60. The molecule has 0 unspecified atom stereocenters. The van der Waals surface area contributed by atoms with Crippen molar-refractivity contribution in [3.8, 4) is 11.1 Å². The molecule has 3 N–H and O–H groups in total. The molecule has 3 heterocycles. The average Bonchev–Trinajstić information content (AvgIpc) is 3.11. The Labute approximate surface area is 186 Å². The maximum atomic E-state index is 12.2. The number of aromatic nitrogens is 4. The van der Waals surface area contributed by atoms with Crippen molar-refractivity contribution in [2.75, 3.05) is 5.73 Å². The second-order valence-corrected chi connectivity index (χ2v) is 8.56. The maximum Gasteiger partial charge on any atom is 0.408 e. The number of nitrogens with one attached hydrogen (secondary N) is 1. The first-order valence-electron chi connectivity index (χ1n) is 10.3. The third-order valence-electron chi connectivity index (χ3n) is 4.96. The van der Waals surface area contributed by atoms with Crippen LogP contribution in [0, 0.1) is 0 Å². The number of fused-ring (bicyclic) bond motifs is 2. The number of ether oxygens (including phenoxy) is 1. The zero-order chi connectivity index (χ0) is 22.9. The lowest BCUT2D eigenvalue weighted by molar-refractivity contribution is 0.0511. The standard InChI is InChI=1S/C24H26N6O2/c1-5-17(29-23(31)32-24(2,3)4)12-30-13-18(20-21(25)27-14-28-22(20)30)16-10-15-8-6-7-9-19(15)26-11-16/h5-11,13-14,17H,1,12H2,2-4H3,(H,29,31)(H2,25,27,28)/t17-/m0/s1. The summed E-state index contributed by atoms with van der Waals surface area (Å²) >= 11 is 0. The van der Waals surface area contributed by atoms with Crippen LogP contribution in [0.5, 0.6) is 0 Å². The molecule has 3 aromatic heterocycles.